The summed E-state index contributed by atoms with van der Waals surface area (Å²) in [5.41, 5.74) is 0. The molecule has 0 aliphatic heterocycles. The summed E-state index contributed by atoms with van der Waals surface area (Å²) in [5.74, 6) is 2.10. The lowest BCUT2D eigenvalue weighted by Gasteiger charge is -2.22. The fourth-order valence-electron chi connectivity index (χ4n) is 3.54. The maximum atomic E-state index is 5.41. The van der Waals surface area contributed by atoms with Crippen LogP contribution < -0.4 is 5.32 Å². The van der Waals surface area contributed by atoms with Crippen LogP contribution >= 0.6 is 0 Å². The van der Waals surface area contributed by atoms with Crippen LogP contribution in [0.3, 0.4) is 0 Å². The van der Waals surface area contributed by atoms with Gasteiger partial charge in [0.2, 0.25) is 0 Å². The highest BCUT2D eigenvalue weighted by Crippen LogP contribution is 2.27. The first-order valence-electron chi connectivity index (χ1n) is 8.56. The van der Waals surface area contributed by atoms with Crippen LogP contribution in [-0.2, 0) is 6.42 Å². The number of nitrogens with one attached hydrogen (secondary N) is 1. The van der Waals surface area contributed by atoms with Gasteiger partial charge >= 0.3 is 0 Å². The molecule has 1 aromatic rings. The van der Waals surface area contributed by atoms with Crippen molar-refractivity contribution in [3.63, 3.8) is 0 Å². The molecule has 1 aliphatic carbocycles. The van der Waals surface area contributed by atoms with Crippen LogP contribution in [0.1, 0.15) is 71.0 Å². The van der Waals surface area contributed by atoms with Gasteiger partial charge in [-0.15, -0.1) is 0 Å². The van der Waals surface area contributed by atoms with E-state index in [4.69, 9.17) is 4.42 Å². The molecule has 0 bridgehead atoms. The Morgan fingerprint density at radius 1 is 1.30 bits per heavy atom. The van der Waals surface area contributed by atoms with Gasteiger partial charge in [0.15, 0.2) is 0 Å². The van der Waals surface area contributed by atoms with Crippen molar-refractivity contribution >= 4 is 0 Å². The van der Waals surface area contributed by atoms with Crippen molar-refractivity contribution in [2.45, 2.75) is 83.7 Å². The summed E-state index contributed by atoms with van der Waals surface area (Å²) in [6, 6.07) is 5.39. The Hall–Kier alpha value is -0.760. The number of furan rings is 1. The van der Waals surface area contributed by atoms with Crippen LogP contribution in [0.4, 0.5) is 0 Å². The molecular weight excluding hydrogens is 246 g/mol. The molecule has 0 amide bonds. The third kappa shape index (κ3) is 5.32. The van der Waals surface area contributed by atoms with Crippen LogP contribution in [0.25, 0.3) is 0 Å². The number of rotatable bonds is 7. The van der Waals surface area contributed by atoms with Crippen LogP contribution in [0.15, 0.2) is 22.8 Å². The van der Waals surface area contributed by atoms with Crippen LogP contribution in [0.2, 0.25) is 0 Å². The van der Waals surface area contributed by atoms with Gasteiger partial charge in [-0.2, -0.15) is 0 Å². The van der Waals surface area contributed by atoms with Crippen molar-refractivity contribution in [3.05, 3.63) is 24.2 Å². The van der Waals surface area contributed by atoms with Crippen LogP contribution in [0, 0.1) is 5.92 Å². The van der Waals surface area contributed by atoms with E-state index in [0.29, 0.717) is 6.04 Å². The van der Waals surface area contributed by atoms with Gasteiger partial charge in [-0.1, -0.05) is 32.6 Å². The van der Waals surface area contributed by atoms with Crippen molar-refractivity contribution in [1.82, 2.24) is 5.32 Å². The zero-order chi connectivity index (χ0) is 14.2. The summed E-state index contributed by atoms with van der Waals surface area (Å²) in [6.45, 7) is 4.63. The fraction of sp³-hybridized carbons (Fsp3) is 0.778. The summed E-state index contributed by atoms with van der Waals surface area (Å²) in [4.78, 5) is 0. The van der Waals surface area contributed by atoms with Gasteiger partial charge in [-0.25, -0.2) is 0 Å². The topological polar surface area (TPSA) is 25.2 Å². The van der Waals surface area contributed by atoms with Crippen LogP contribution in [0.5, 0.6) is 0 Å². The van der Waals surface area contributed by atoms with Gasteiger partial charge in [-0.3, -0.25) is 0 Å². The van der Waals surface area contributed by atoms with Crippen LogP contribution in [-0.4, -0.2) is 12.1 Å². The molecule has 1 heterocycles. The van der Waals surface area contributed by atoms with E-state index in [1.807, 2.05) is 6.07 Å². The van der Waals surface area contributed by atoms with Crippen molar-refractivity contribution in [2.75, 3.05) is 0 Å². The van der Waals surface area contributed by atoms with E-state index >= 15 is 0 Å². The lowest BCUT2D eigenvalue weighted by molar-refractivity contribution is 0.374. The Morgan fingerprint density at radius 2 is 2.20 bits per heavy atom. The molecule has 2 heteroatoms. The average Bonchev–Trinajstić information content (AvgIpc) is 2.86. The summed E-state index contributed by atoms with van der Waals surface area (Å²) in [7, 11) is 0. The van der Waals surface area contributed by atoms with Crippen molar-refractivity contribution in [1.29, 1.82) is 0 Å². The molecule has 114 valence electrons. The maximum absolute atomic E-state index is 5.41. The summed E-state index contributed by atoms with van der Waals surface area (Å²) in [6.07, 6.45) is 13.8. The molecular formula is C18H31NO. The van der Waals surface area contributed by atoms with Crippen molar-refractivity contribution in [3.8, 4) is 0 Å². The van der Waals surface area contributed by atoms with E-state index in [9.17, 15) is 0 Å². The molecule has 1 saturated carbocycles. The molecule has 1 aliphatic rings. The quantitative estimate of drug-likeness (QED) is 0.714. The van der Waals surface area contributed by atoms with E-state index in [1.165, 1.54) is 51.4 Å². The highest BCUT2D eigenvalue weighted by atomic mass is 16.3. The number of hydrogen-bond donors (Lipinski definition) is 1. The molecule has 0 radical (unpaired) electrons. The number of aryl methyl sites for hydroxylation is 1. The summed E-state index contributed by atoms with van der Waals surface area (Å²) < 4.78 is 5.41. The first kappa shape index (κ1) is 15.6. The second-order valence-corrected chi connectivity index (χ2v) is 6.55. The predicted molar refractivity (Wildman–Crippen MR) is 84.9 cm³/mol. The van der Waals surface area contributed by atoms with Gasteiger partial charge in [0.25, 0.3) is 0 Å². The monoisotopic (exact) mass is 277 g/mol. The Balaban J connectivity index is 1.67. The van der Waals surface area contributed by atoms with Gasteiger partial charge < -0.3 is 9.73 Å². The lowest BCUT2D eigenvalue weighted by Crippen LogP contribution is -2.36. The molecule has 0 saturated heterocycles. The zero-order valence-electron chi connectivity index (χ0n) is 13.2. The normalized spacial score (nSPS) is 25.3. The minimum atomic E-state index is 0.591. The molecule has 1 fully saturated rings. The van der Waals surface area contributed by atoms with E-state index in [1.54, 1.807) is 6.26 Å². The Kier molecular flexibility index (Phi) is 6.65. The predicted octanol–water partition coefficient (Wildman–Crippen LogP) is 4.94. The molecule has 0 aromatic carbocycles. The van der Waals surface area contributed by atoms with E-state index in [0.717, 1.165) is 24.1 Å². The van der Waals surface area contributed by atoms with E-state index in [-0.39, 0.29) is 0 Å². The SMILES string of the molecule is CCCC1CCCC(NC(C)CCc2ccco2)CC1. The summed E-state index contributed by atoms with van der Waals surface area (Å²) in [5, 5.41) is 3.84. The largest absolute Gasteiger partial charge is 0.469 e. The second kappa shape index (κ2) is 8.51. The molecule has 20 heavy (non-hydrogen) atoms. The van der Waals surface area contributed by atoms with Gasteiger partial charge in [-0.05, 0) is 50.7 Å². The first-order valence-corrected chi connectivity index (χ1v) is 8.56. The second-order valence-electron chi connectivity index (χ2n) is 6.55. The smallest absolute Gasteiger partial charge is 0.103 e. The average molecular weight is 277 g/mol. The Labute approximate surface area is 124 Å². The van der Waals surface area contributed by atoms with Gasteiger partial charge in [0.05, 0.1) is 6.26 Å². The third-order valence-electron chi connectivity index (χ3n) is 4.71. The van der Waals surface area contributed by atoms with Crippen molar-refractivity contribution in [2.24, 2.45) is 5.92 Å². The highest BCUT2D eigenvalue weighted by molar-refractivity contribution is 4.98. The molecule has 0 spiro atoms. The fourth-order valence-corrected chi connectivity index (χ4v) is 3.54. The molecule has 1 aromatic heterocycles. The Bertz CT molecular complexity index is 346. The van der Waals surface area contributed by atoms with Gasteiger partial charge in [0.1, 0.15) is 5.76 Å². The standard InChI is InChI=1S/C18H31NO/c1-3-6-16-7-4-8-17(12-11-16)19-15(2)10-13-18-9-5-14-20-18/h5,9,14-17,19H,3-4,6-8,10-13H2,1-2H3. The molecule has 1 N–H and O–H groups in total. The minimum absolute atomic E-state index is 0.591. The molecule has 3 unspecified atom stereocenters. The summed E-state index contributed by atoms with van der Waals surface area (Å²) >= 11 is 0. The lowest BCUT2D eigenvalue weighted by atomic mass is 9.95. The maximum Gasteiger partial charge on any atom is 0.103 e. The van der Waals surface area contributed by atoms with Crippen molar-refractivity contribution < 1.29 is 4.42 Å². The molecule has 3 atom stereocenters. The van der Waals surface area contributed by atoms with E-state index in [2.05, 4.69) is 25.2 Å². The molecule has 2 nitrogen and oxygen atoms in total. The molecule has 2 rings (SSSR count). The Morgan fingerprint density at radius 3 is 2.95 bits per heavy atom. The zero-order valence-corrected chi connectivity index (χ0v) is 13.2. The van der Waals surface area contributed by atoms with E-state index < -0.39 is 0 Å². The highest BCUT2D eigenvalue weighted by Gasteiger charge is 2.19. The van der Waals surface area contributed by atoms with Gasteiger partial charge in [0, 0.05) is 18.5 Å². The number of hydrogen-bond acceptors (Lipinski definition) is 2. The first-order chi connectivity index (χ1) is 9.78. The third-order valence-corrected chi connectivity index (χ3v) is 4.71. The minimum Gasteiger partial charge on any atom is -0.469 e.